The van der Waals surface area contributed by atoms with E-state index in [4.69, 9.17) is 9.47 Å². The van der Waals surface area contributed by atoms with Crippen LogP contribution in [0.4, 0.5) is 5.69 Å². The van der Waals surface area contributed by atoms with Crippen LogP contribution in [-0.4, -0.2) is 14.2 Å². The zero-order valence-electron chi connectivity index (χ0n) is 12.8. The van der Waals surface area contributed by atoms with Crippen molar-refractivity contribution < 1.29 is 9.47 Å². The number of hydrogen-bond donors (Lipinski definition) is 1. The van der Waals surface area contributed by atoms with Gasteiger partial charge in [-0.2, -0.15) is 0 Å². The minimum Gasteiger partial charge on any atom is -0.497 e. The van der Waals surface area contributed by atoms with Crippen molar-refractivity contribution in [1.82, 2.24) is 0 Å². The fraction of sp³-hybridized carbons (Fsp3) is 0.158. The highest BCUT2D eigenvalue weighted by atomic mass is 16.5. The molecule has 3 aromatic rings. The largest absolute Gasteiger partial charge is 0.497 e. The first-order valence-corrected chi connectivity index (χ1v) is 7.24. The maximum Gasteiger partial charge on any atom is 0.141 e. The lowest BCUT2D eigenvalue weighted by molar-refractivity contribution is 0.415. The van der Waals surface area contributed by atoms with Gasteiger partial charge in [-0.25, -0.2) is 0 Å². The standard InChI is InChI=1S/C19H19NO2/c1-21-17-10-9-15-11-14(7-8-16(15)12-17)13-20-18-5-3-4-6-19(18)22-2/h3-12,20H,13H2,1-2H3. The van der Waals surface area contributed by atoms with Crippen molar-refractivity contribution in [1.29, 1.82) is 0 Å². The van der Waals surface area contributed by atoms with Gasteiger partial charge in [0.2, 0.25) is 0 Å². The summed E-state index contributed by atoms with van der Waals surface area (Å²) in [6.07, 6.45) is 0. The second-order valence-corrected chi connectivity index (χ2v) is 5.10. The summed E-state index contributed by atoms with van der Waals surface area (Å²) in [4.78, 5) is 0. The lowest BCUT2D eigenvalue weighted by Crippen LogP contribution is -2.01. The normalized spacial score (nSPS) is 10.5. The maximum atomic E-state index is 5.35. The molecule has 0 aromatic heterocycles. The Labute approximate surface area is 130 Å². The molecule has 0 bridgehead atoms. The first kappa shape index (κ1) is 14.3. The number of anilines is 1. The van der Waals surface area contributed by atoms with Gasteiger partial charge in [-0.15, -0.1) is 0 Å². The number of ether oxygens (including phenoxy) is 2. The van der Waals surface area contributed by atoms with Crippen LogP contribution in [-0.2, 0) is 6.54 Å². The third kappa shape index (κ3) is 2.98. The van der Waals surface area contributed by atoms with Crippen molar-refractivity contribution in [3.05, 3.63) is 66.2 Å². The second-order valence-electron chi connectivity index (χ2n) is 5.10. The van der Waals surface area contributed by atoms with Crippen LogP contribution in [0.3, 0.4) is 0 Å². The Balaban J connectivity index is 1.79. The van der Waals surface area contributed by atoms with Crippen molar-refractivity contribution in [3.8, 4) is 11.5 Å². The number of methoxy groups -OCH3 is 2. The molecule has 0 saturated carbocycles. The number of benzene rings is 3. The van der Waals surface area contributed by atoms with E-state index in [2.05, 4.69) is 29.6 Å². The summed E-state index contributed by atoms with van der Waals surface area (Å²) < 4.78 is 10.6. The molecule has 1 N–H and O–H groups in total. The quantitative estimate of drug-likeness (QED) is 0.753. The van der Waals surface area contributed by atoms with Crippen LogP contribution in [0.25, 0.3) is 10.8 Å². The molecule has 0 fully saturated rings. The molecule has 3 rings (SSSR count). The Hall–Kier alpha value is -2.68. The molecular weight excluding hydrogens is 274 g/mol. The van der Waals surface area contributed by atoms with E-state index in [9.17, 15) is 0 Å². The van der Waals surface area contributed by atoms with Gasteiger partial charge in [0, 0.05) is 6.54 Å². The van der Waals surface area contributed by atoms with Crippen LogP contribution >= 0.6 is 0 Å². The van der Waals surface area contributed by atoms with E-state index in [0.717, 1.165) is 23.7 Å². The van der Waals surface area contributed by atoms with Gasteiger partial charge in [-0.1, -0.05) is 30.3 Å². The highest BCUT2D eigenvalue weighted by Crippen LogP contribution is 2.25. The Kier molecular flexibility index (Phi) is 4.15. The van der Waals surface area contributed by atoms with Crippen LogP contribution in [0, 0.1) is 0 Å². The summed E-state index contributed by atoms with van der Waals surface area (Å²) >= 11 is 0. The van der Waals surface area contributed by atoms with E-state index in [1.807, 2.05) is 36.4 Å². The van der Waals surface area contributed by atoms with Gasteiger partial charge in [0.15, 0.2) is 0 Å². The number of fused-ring (bicyclic) bond motifs is 1. The molecule has 0 radical (unpaired) electrons. The van der Waals surface area contributed by atoms with E-state index in [1.54, 1.807) is 14.2 Å². The molecule has 3 nitrogen and oxygen atoms in total. The summed E-state index contributed by atoms with van der Waals surface area (Å²) in [6, 6.07) is 20.5. The summed E-state index contributed by atoms with van der Waals surface area (Å²) in [5.41, 5.74) is 2.23. The van der Waals surface area contributed by atoms with Gasteiger partial charge in [0.1, 0.15) is 11.5 Å². The molecule has 0 amide bonds. The van der Waals surface area contributed by atoms with Crippen molar-refractivity contribution >= 4 is 16.5 Å². The third-order valence-corrected chi connectivity index (χ3v) is 3.70. The lowest BCUT2D eigenvalue weighted by atomic mass is 10.1. The molecule has 0 unspecified atom stereocenters. The lowest BCUT2D eigenvalue weighted by Gasteiger charge is -2.11. The van der Waals surface area contributed by atoms with Crippen molar-refractivity contribution in [2.24, 2.45) is 0 Å². The van der Waals surface area contributed by atoms with Gasteiger partial charge >= 0.3 is 0 Å². The smallest absolute Gasteiger partial charge is 0.141 e. The first-order chi connectivity index (χ1) is 10.8. The van der Waals surface area contributed by atoms with Crippen LogP contribution < -0.4 is 14.8 Å². The summed E-state index contributed by atoms with van der Waals surface area (Å²) in [5.74, 6) is 1.74. The fourth-order valence-corrected chi connectivity index (χ4v) is 2.50. The Morgan fingerprint density at radius 1 is 0.818 bits per heavy atom. The van der Waals surface area contributed by atoms with E-state index in [1.165, 1.54) is 16.3 Å². The third-order valence-electron chi connectivity index (χ3n) is 3.70. The van der Waals surface area contributed by atoms with Crippen LogP contribution in [0.5, 0.6) is 11.5 Å². The molecule has 0 heterocycles. The predicted octanol–water partition coefficient (Wildman–Crippen LogP) is 4.47. The summed E-state index contributed by atoms with van der Waals surface area (Å²) in [5, 5.41) is 5.81. The topological polar surface area (TPSA) is 30.5 Å². The zero-order valence-corrected chi connectivity index (χ0v) is 12.8. The zero-order chi connectivity index (χ0) is 15.4. The molecule has 0 aliphatic rings. The van der Waals surface area contributed by atoms with Crippen LogP contribution in [0.15, 0.2) is 60.7 Å². The molecule has 0 saturated heterocycles. The molecule has 22 heavy (non-hydrogen) atoms. The van der Waals surface area contributed by atoms with Crippen LogP contribution in [0.1, 0.15) is 5.56 Å². The number of nitrogens with one attached hydrogen (secondary N) is 1. The van der Waals surface area contributed by atoms with E-state index < -0.39 is 0 Å². The number of hydrogen-bond acceptors (Lipinski definition) is 3. The maximum absolute atomic E-state index is 5.35. The highest BCUT2D eigenvalue weighted by molar-refractivity contribution is 5.84. The Bertz CT molecular complexity index is 783. The Morgan fingerprint density at radius 2 is 1.59 bits per heavy atom. The molecule has 112 valence electrons. The predicted molar refractivity (Wildman–Crippen MR) is 90.8 cm³/mol. The molecule has 3 aromatic carbocycles. The monoisotopic (exact) mass is 293 g/mol. The summed E-state index contributed by atoms with van der Waals surface area (Å²) in [7, 11) is 3.37. The average Bonchev–Trinajstić information content (AvgIpc) is 2.59. The SMILES string of the molecule is COc1ccc2cc(CNc3ccccc3OC)ccc2c1. The number of para-hydroxylation sites is 2. The van der Waals surface area contributed by atoms with E-state index in [0.29, 0.717) is 0 Å². The van der Waals surface area contributed by atoms with E-state index in [-0.39, 0.29) is 0 Å². The Morgan fingerprint density at radius 3 is 2.41 bits per heavy atom. The molecule has 0 aliphatic heterocycles. The first-order valence-electron chi connectivity index (χ1n) is 7.24. The highest BCUT2D eigenvalue weighted by Gasteiger charge is 2.02. The molecular formula is C19H19NO2. The average molecular weight is 293 g/mol. The van der Waals surface area contributed by atoms with Gasteiger partial charge in [0.25, 0.3) is 0 Å². The van der Waals surface area contributed by atoms with E-state index >= 15 is 0 Å². The van der Waals surface area contributed by atoms with Crippen LogP contribution in [0.2, 0.25) is 0 Å². The van der Waals surface area contributed by atoms with Gasteiger partial charge in [0.05, 0.1) is 19.9 Å². The molecule has 3 heteroatoms. The van der Waals surface area contributed by atoms with Gasteiger partial charge in [-0.05, 0) is 46.7 Å². The van der Waals surface area contributed by atoms with Crippen molar-refractivity contribution in [2.45, 2.75) is 6.54 Å². The molecule has 0 spiro atoms. The molecule has 0 atom stereocenters. The van der Waals surface area contributed by atoms with Crippen molar-refractivity contribution in [2.75, 3.05) is 19.5 Å². The summed E-state index contributed by atoms with van der Waals surface area (Å²) in [6.45, 7) is 0.752. The fourth-order valence-electron chi connectivity index (χ4n) is 2.50. The second kappa shape index (κ2) is 6.39. The van der Waals surface area contributed by atoms with Gasteiger partial charge in [-0.3, -0.25) is 0 Å². The minimum atomic E-state index is 0.752. The van der Waals surface area contributed by atoms with Crippen molar-refractivity contribution in [3.63, 3.8) is 0 Å². The minimum absolute atomic E-state index is 0.752. The number of rotatable bonds is 5. The van der Waals surface area contributed by atoms with Gasteiger partial charge < -0.3 is 14.8 Å². The molecule has 0 aliphatic carbocycles.